The van der Waals surface area contributed by atoms with Gasteiger partial charge in [-0.1, -0.05) is 6.90 Å². The minimum absolute atomic E-state index is 0.106. The molecule has 0 unspecified atom stereocenters. The van der Waals surface area contributed by atoms with Gasteiger partial charge in [0, 0.05) is 7.79 Å². The van der Waals surface area contributed by atoms with E-state index in [1.54, 1.807) is 0 Å². The first kappa shape index (κ1) is 2.69. The average Bonchev–Trinajstić information content (AvgIpc) is 1.35. The molecule has 0 saturated carbocycles. The number of carbonyl (C=O) groups excluding carboxylic acids is 1. The Hall–Kier alpha value is -0.530. The van der Waals surface area contributed by atoms with Crippen molar-refractivity contribution in [1.82, 2.24) is 0 Å². The van der Waals surface area contributed by atoms with Crippen molar-refractivity contribution >= 4 is 5.91 Å². The number of hydrogen-bond acceptors (Lipinski definition) is 1. The molecule has 30 valence electrons. The molecule has 0 radical (unpaired) electrons. The van der Waals surface area contributed by atoms with Gasteiger partial charge in [0.2, 0.25) is 5.91 Å². The topological polar surface area (TPSA) is 43.1 Å². The molecule has 0 bridgehead atoms. The standard InChI is InChI=1S/C3H7NO/c1-2-3(4)5/h2H2,1H3,(H2,4,5)/i1D. The molecule has 0 aliphatic carbocycles. The summed E-state index contributed by atoms with van der Waals surface area (Å²) in [4.78, 5) is 9.70. The highest BCUT2D eigenvalue weighted by atomic mass is 16.1. The largest absolute Gasteiger partial charge is 0.370 e. The van der Waals surface area contributed by atoms with Crippen LogP contribution < -0.4 is 5.73 Å². The van der Waals surface area contributed by atoms with E-state index in [-0.39, 0.29) is 13.3 Å². The van der Waals surface area contributed by atoms with Crippen LogP contribution in [0.2, 0.25) is 0 Å². The zero-order valence-corrected chi connectivity index (χ0v) is 2.90. The Labute approximate surface area is 32.4 Å². The third kappa shape index (κ3) is 3.47. The van der Waals surface area contributed by atoms with Crippen LogP contribution in [0, 0.1) is 0 Å². The van der Waals surface area contributed by atoms with Gasteiger partial charge in [0.25, 0.3) is 0 Å². The molecule has 0 aromatic heterocycles. The molecule has 0 aromatic rings. The maximum absolute atomic E-state index is 9.70. The number of carbonyl (C=O) groups is 1. The molecular formula is C3H7NO. The van der Waals surface area contributed by atoms with Crippen LogP contribution in [0.25, 0.3) is 0 Å². The average molecular weight is 74.1 g/mol. The van der Waals surface area contributed by atoms with Gasteiger partial charge in [-0.3, -0.25) is 4.79 Å². The van der Waals surface area contributed by atoms with E-state index in [4.69, 9.17) is 1.37 Å². The van der Waals surface area contributed by atoms with Gasteiger partial charge in [0.1, 0.15) is 0 Å². The van der Waals surface area contributed by atoms with Crippen LogP contribution in [0.1, 0.15) is 14.7 Å². The van der Waals surface area contributed by atoms with Crippen molar-refractivity contribution in [2.24, 2.45) is 5.73 Å². The number of amides is 1. The maximum Gasteiger partial charge on any atom is 0.217 e. The first-order chi connectivity index (χ1) is 2.77. The van der Waals surface area contributed by atoms with Crippen molar-refractivity contribution in [1.29, 1.82) is 0 Å². The van der Waals surface area contributed by atoms with Gasteiger partial charge in [0.15, 0.2) is 0 Å². The fourth-order valence-electron chi connectivity index (χ4n) is 0. The molecule has 0 aromatic carbocycles. The highest BCUT2D eigenvalue weighted by molar-refractivity contribution is 5.73. The molecule has 0 heterocycles. The van der Waals surface area contributed by atoms with E-state index < -0.39 is 5.91 Å². The number of hydrogen-bond donors (Lipinski definition) is 1. The summed E-state index contributed by atoms with van der Waals surface area (Å²) in [5.74, 6) is -0.398. The molecule has 0 spiro atoms. The predicted molar refractivity (Wildman–Crippen MR) is 19.5 cm³/mol. The second-order valence-corrected chi connectivity index (χ2v) is 0.716. The fraction of sp³-hybridized carbons (Fsp3) is 0.667. The van der Waals surface area contributed by atoms with E-state index in [9.17, 15) is 4.79 Å². The van der Waals surface area contributed by atoms with Crippen molar-refractivity contribution in [3.63, 3.8) is 0 Å². The van der Waals surface area contributed by atoms with Crippen LogP contribution in [0.15, 0.2) is 0 Å². The highest BCUT2D eigenvalue weighted by Gasteiger charge is 1.77. The van der Waals surface area contributed by atoms with E-state index in [0.717, 1.165) is 0 Å². The summed E-state index contributed by atoms with van der Waals surface area (Å²) in [5.41, 5.74) is 4.64. The minimum Gasteiger partial charge on any atom is -0.370 e. The Balaban J connectivity index is 2.83. The summed E-state index contributed by atoms with van der Waals surface area (Å²) in [5, 5.41) is 0. The summed E-state index contributed by atoms with van der Waals surface area (Å²) >= 11 is 0. The van der Waals surface area contributed by atoms with Gasteiger partial charge in [-0.25, -0.2) is 0 Å². The Kier molecular flexibility index (Phi) is 0.947. The smallest absolute Gasteiger partial charge is 0.217 e. The summed E-state index contributed by atoms with van der Waals surface area (Å²) in [6, 6.07) is 0. The molecule has 0 aliphatic heterocycles. The lowest BCUT2D eigenvalue weighted by Gasteiger charge is -1.73. The van der Waals surface area contributed by atoms with Gasteiger partial charge in [-0.2, -0.15) is 0 Å². The first-order valence-corrected chi connectivity index (χ1v) is 1.35. The molecule has 0 aliphatic rings. The summed E-state index contributed by atoms with van der Waals surface area (Å²) < 4.78 is 6.43. The maximum atomic E-state index is 9.70. The SMILES string of the molecule is [2H]CCC(N)=O. The Morgan fingerprint density at radius 1 is 2.40 bits per heavy atom. The molecule has 0 atom stereocenters. The van der Waals surface area contributed by atoms with E-state index in [0.29, 0.717) is 0 Å². The van der Waals surface area contributed by atoms with Gasteiger partial charge in [-0.05, 0) is 0 Å². The molecule has 2 N–H and O–H groups in total. The molecule has 0 rings (SSSR count). The molecule has 0 saturated heterocycles. The van der Waals surface area contributed by atoms with Crippen LogP contribution in [0.4, 0.5) is 0 Å². The van der Waals surface area contributed by atoms with Crippen molar-refractivity contribution in [2.75, 3.05) is 0 Å². The van der Waals surface area contributed by atoms with Gasteiger partial charge in [0.05, 0.1) is 0 Å². The van der Waals surface area contributed by atoms with Crippen molar-refractivity contribution in [3.8, 4) is 0 Å². The predicted octanol–water partition coefficient (Wildman–Crippen LogP) is -0.118. The Morgan fingerprint density at radius 2 is 3.00 bits per heavy atom. The first-order valence-electron chi connectivity index (χ1n) is 2.05. The Morgan fingerprint density at radius 3 is 3.00 bits per heavy atom. The van der Waals surface area contributed by atoms with Crippen molar-refractivity contribution in [2.45, 2.75) is 13.3 Å². The van der Waals surface area contributed by atoms with Gasteiger partial charge < -0.3 is 5.73 Å². The highest BCUT2D eigenvalue weighted by Crippen LogP contribution is 1.63. The molecular weight excluding hydrogens is 66.0 g/mol. The number of nitrogens with two attached hydrogens (primary N) is 1. The number of rotatable bonds is 1. The lowest BCUT2D eigenvalue weighted by Crippen LogP contribution is -2.06. The minimum atomic E-state index is -0.398. The molecule has 2 heteroatoms. The number of primary amides is 1. The van der Waals surface area contributed by atoms with E-state index in [1.165, 1.54) is 0 Å². The lowest BCUT2D eigenvalue weighted by atomic mass is 10.5. The summed E-state index contributed by atoms with van der Waals surface area (Å²) in [6.45, 7) is 0.106. The third-order valence-electron chi connectivity index (χ3n) is 0.246. The second-order valence-electron chi connectivity index (χ2n) is 0.716. The van der Waals surface area contributed by atoms with Gasteiger partial charge in [-0.15, -0.1) is 0 Å². The van der Waals surface area contributed by atoms with Crippen LogP contribution in [0.5, 0.6) is 0 Å². The third-order valence-corrected chi connectivity index (χ3v) is 0.246. The quantitative estimate of drug-likeness (QED) is 0.463. The van der Waals surface area contributed by atoms with Crippen molar-refractivity contribution in [3.05, 3.63) is 0 Å². The van der Waals surface area contributed by atoms with Gasteiger partial charge >= 0.3 is 0 Å². The fourth-order valence-corrected chi connectivity index (χ4v) is 0. The monoisotopic (exact) mass is 74.1 g/mol. The van der Waals surface area contributed by atoms with Crippen LogP contribution in [-0.4, -0.2) is 5.91 Å². The van der Waals surface area contributed by atoms with Crippen LogP contribution in [0.3, 0.4) is 0 Å². The molecule has 5 heavy (non-hydrogen) atoms. The zero-order chi connectivity index (χ0) is 4.99. The lowest BCUT2D eigenvalue weighted by molar-refractivity contribution is -0.117. The molecule has 2 nitrogen and oxygen atoms in total. The second kappa shape index (κ2) is 1.76. The summed E-state index contributed by atoms with van der Waals surface area (Å²) in [7, 11) is 0. The Bertz CT molecular complexity index is 54.8. The van der Waals surface area contributed by atoms with Crippen molar-refractivity contribution < 1.29 is 6.17 Å². The molecule has 1 amide bonds. The van der Waals surface area contributed by atoms with E-state index in [2.05, 4.69) is 5.73 Å². The molecule has 0 fully saturated rings. The van der Waals surface area contributed by atoms with Crippen LogP contribution in [-0.2, 0) is 4.79 Å². The van der Waals surface area contributed by atoms with Crippen LogP contribution >= 0.6 is 0 Å². The van der Waals surface area contributed by atoms with E-state index in [1.807, 2.05) is 0 Å². The summed E-state index contributed by atoms with van der Waals surface area (Å²) in [6.07, 6.45) is 0.181. The zero-order valence-electron chi connectivity index (χ0n) is 3.90. The van der Waals surface area contributed by atoms with E-state index >= 15 is 0 Å². The normalized spacial score (nSPS) is 10.0.